The van der Waals surface area contributed by atoms with Crippen LogP contribution in [0.4, 0.5) is 5.69 Å². The van der Waals surface area contributed by atoms with E-state index in [9.17, 15) is 5.11 Å². The summed E-state index contributed by atoms with van der Waals surface area (Å²) in [5.41, 5.74) is 1.64. The molecule has 1 aromatic carbocycles. The maximum atomic E-state index is 10.7. The van der Waals surface area contributed by atoms with E-state index in [1.54, 1.807) is 0 Å². The summed E-state index contributed by atoms with van der Waals surface area (Å²) in [6, 6.07) is 8.13. The standard InChI is InChI=1S/C17H27NO2/c1-16(2)11-14(17(3,4)20-16)15(19)12-7-9-13(10-8-12)18(5)6/h7-10,14-15,19H,11H2,1-6H3. The summed E-state index contributed by atoms with van der Waals surface area (Å²) >= 11 is 0. The molecule has 20 heavy (non-hydrogen) atoms. The van der Waals surface area contributed by atoms with Crippen molar-refractivity contribution in [3.05, 3.63) is 29.8 Å². The van der Waals surface area contributed by atoms with E-state index in [0.29, 0.717) is 0 Å². The number of benzene rings is 1. The molecule has 3 nitrogen and oxygen atoms in total. The quantitative estimate of drug-likeness (QED) is 0.919. The normalized spacial score (nSPS) is 25.4. The molecule has 2 atom stereocenters. The lowest BCUT2D eigenvalue weighted by Gasteiger charge is -2.30. The molecule has 0 radical (unpaired) electrons. The SMILES string of the molecule is CN(C)c1ccc(C(O)C2CC(C)(C)OC2(C)C)cc1. The monoisotopic (exact) mass is 277 g/mol. The van der Waals surface area contributed by atoms with Crippen molar-refractivity contribution in [3.63, 3.8) is 0 Å². The van der Waals surface area contributed by atoms with Crippen molar-refractivity contribution in [1.82, 2.24) is 0 Å². The third-order valence-corrected chi connectivity index (χ3v) is 4.28. The molecular weight excluding hydrogens is 250 g/mol. The molecular formula is C17H27NO2. The van der Waals surface area contributed by atoms with Gasteiger partial charge in [-0.05, 0) is 51.8 Å². The van der Waals surface area contributed by atoms with Gasteiger partial charge in [0.15, 0.2) is 0 Å². The second-order valence-corrected chi connectivity index (χ2v) is 7.21. The van der Waals surface area contributed by atoms with Crippen LogP contribution in [-0.2, 0) is 4.74 Å². The second kappa shape index (κ2) is 5.05. The first-order valence-electron chi connectivity index (χ1n) is 7.28. The fourth-order valence-electron chi connectivity index (χ4n) is 3.30. The molecule has 112 valence electrons. The molecule has 1 fully saturated rings. The van der Waals surface area contributed by atoms with Crippen LogP contribution in [0.2, 0.25) is 0 Å². The molecule has 1 aliphatic heterocycles. The number of rotatable bonds is 3. The van der Waals surface area contributed by atoms with Crippen molar-refractivity contribution in [2.45, 2.75) is 51.4 Å². The highest BCUT2D eigenvalue weighted by Gasteiger charge is 2.49. The third-order valence-electron chi connectivity index (χ3n) is 4.28. The van der Waals surface area contributed by atoms with Crippen LogP contribution in [0.3, 0.4) is 0 Å². The highest BCUT2D eigenvalue weighted by atomic mass is 16.5. The Balaban J connectivity index is 2.21. The van der Waals surface area contributed by atoms with Crippen LogP contribution in [0.5, 0.6) is 0 Å². The molecule has 1 N–H and O–H groups in total. The Morgan fingerprint density at radius 1 is 1.15 bits per heavy atom. The number of aliphatic hydroxyl groups is 1. The average Bonchev–Trinajstić information content (AvgIpc) is 2.56. The van der Waals surface area contributed by atoms with Gasteiger partial charge in [-0.1, -0.05) is 12.1 Å². The predicted octanol–water partition coefficient (Wildman–Crippen LogP) is 3.38. The molecule has 1 aromatic rings. The molecule has 3 heteroatoms. The average molecular weight is 277 g/mol. The Bertz CT molecular complexity index is 462. The number of anilines is 1. The summed E-state index contributed by atoms with van der Waals surface area (Å²) in [7, 11) is 4.03. The van der Waals surface area contributed by atoms with Crippen molar-refractivity contribution in [1.29, 1.82) is 0 Å². The van der Waals surface area contributed by atoms with Crippen LogP contribution < -0.4 is 4.90 Å². The van der Waals surface area contributed by atoms with Crippen molar-refractivity contribution in [3.8, 4) is 0 Å². The predicted molar refractivity (Wildman–Crippen MR) is 83.1 cm³/mol. The van der Waals surface area contributed by atoms with Crippen molar-refractivity contribution in [2.24, 2.45) is 5.92 Å². The smallest absolute Gasteiger partial charge is 0.0846 e. The van der Waals surface area contributed by atoms with E-state index >= 15 is 0 Å². The van der Waals surface area contributed by atoms with E-state index in [1.807, 2.05) is 38.4 Å². The second-order valence-electron chi connectivity index (χ2n) is 7.21. The first kappa shape index (κ1) is 15.3. The lowest BCUT2D eigenvalue weighted by Crippen LogP contribution is -2.32. The van der Waals surface area contributed by atoms with Gasteiger partial charge in [-0.2, -0.15) is 0 Å². The zero-order valence-electron chi connectivity index (χ0n) is 13.5. The minimum Gasteiger partial charge on any atom is -0.388 e. The lowest BCUT2D eigenvalue weighted by molar-refractivity contribution is -0.0880. The third kappa shape index (κ3) is 2.99. The summed E-state index contributed by atoms with van der Waals surface area (Å²) in [6.45, 7) is 8.33. The van der Waals surface area contributed by atoms with Gasteiger partial charge in [-0.3, -0.25) is 0 Å². The zero-order valence-corrected chi connectivity index (χ0v) is 13.5. The van der Waals surface area contributed by atoms with E-state index in [4.69, 9.17) is 4.74 Å². The molecule has 0 spiro atoms. The van der Waals surface area contributed by atoms with E-state index in [0.717, 1.165) is 17.7 Å². The zero-order chi connectivity index (χ0) is 15.1. The molecule has 0 aromatic heterocycles. The molecule has 0 amide bonds. The first-order valence-corrected chi connectivity index (χ1v) is 7.28. The summed E-state index contributed by atoms with van der Waals surface area (Å²) in [6.07, 6.45) is 0.388. The van der Waals surface area contributed by atoms with Gasteiger partial charge < -0.3 is 14.7 Å². The number of nitrogens with zero attached hydrogens (tertiary/aromatic N) is 1. The van der Waals surface area contributed by atoms with Gasteiger partial charge in [0.1, 0.15) is 0 Å². The Morgan fingerprint density at radius 2 is 1.70 bits per heavy atom. The molecule has 1 heterocycles. The summed E-state index contributed by atoms with van der Waals surface area (Å²) in [4.78, 5) is 2.06. The van der Waals surface area contributed by atoms with Gasteiger partial charge in [-0.15, -0.1) is 0 Å². The number of aliphatic hydroxyl groups excluding tert-OH is 1. The molecule has 0 aliphatic carbocycles. The maximum Gasteiger partial charge on any atom is 0.0846 e. The number of ether oxygens (including phenoxy) is 1. The van der Waals surface area contributed by atoms with Crippen LogP contribution in [0.1, 0.15) is 45.8 Å². The summed E-state index contributed by atoms with van der Waals surface area (Å²) < 4.78 is 6.09. The Kier molecular flexibility index (Phi) is 3.87. The van der Waals surface area contributed by atoms with Gasteiger partial charge in [-0.25, -0.2) is 0 Å². The van der Waals surface area contributed by atoms with E-state index in [-0.39, 0.29) is 17.1 Å². The van der Waals surface area contributed by atoms with Gasteiger partial charge in [0, 0.05) is 25.7 Å². The van der Waals surface area contributed by atoms with Gasteiger partial charge in [0.05, 0.1) is 17.3 Å². The minimum atomic E-state index is -0.483. The molecule has 0 bridgehead atoms. The van der Waals surface area contributed by atoms with E-state index in [2.05, 4.69) is 32.6 Å². The van der Waals surface area contributed by atoms with E-state index in [1.165, 1.54) is 0 Å². The van der Waals surface area contributed by atoms with E-state index < -0.39 is 6.10 Å². The lowest BCUT2D eigenvalue weighted by atomic mass is 9.80. The highest BCUT2D eigenvalue weighted by Crippen LogP contribution is 2.47. The fourth-order valence-corrected chi connectivity index (χ4v) is 3.30. The minimum absolute atomic E-state index is 0.114. The Hall–Kier alpha value is -1.06. The Morgan fingerprint density at radius 3 is 2.10 bits per heavy atom. The highest BCUT2D eigenvalue weighted by molar-refractivity contribution is 5.46. The van der Waals surface area contributed by atoms with Crippen LogP contribution in [0, 0.1) is 5.92 Å². The van der Waals surface area contributed by atoms with Crippen LogP contribution in [0.15, 0.2) is 24.3 Å². The largest absolute Gasteiger partial charge is 0.388 e. The summed E-state index contributed by atoms with van der Waals surface area (Å²) in [5.74, 6) is 0.114. The van der Waals surface area contributed by atoms with Gasteiger partial charge in [0.25, 0.3) is 0 Å². The molecule has 2 unspecified atom stereocenters. The van der Waals surface area contributed by atoms with Crippen molar-refractivity contribution in [2.75, 3.05) is 19.0 Å². The Labute approximate surface area is 122 Å². The van der Waals surface area contributed by atoms with Crippen molar-refractivity contribution >= 4 is 5.69 Å². The van der Waals surface area contributed by atoms with Crippen LogP contribution in [-0.4, -0.2) is 30.4 Å². The number of hydrogen-bond donors (Lipinski definition) is 1. The van der Waals surface area contributed by atoms with Crippen LogP contribution >= 0.6 is 0 Å². The first-order chi connectivity index (χ1) is 9.12. The topological polar surface area (TPSA) is 32.7 Å². The molecule has 1 aliphatic rings. The maximum absolute atomic E-state index is 10.7. The molecule has 1 saturated heterocycles. The molecule has 0 saturated carbocycles. The molecule has 2 rings (SSSR count). The fraction of sp³-hybridized carbons (Fsp3) is 0.647. The van der Waals surface area contributed by atoms with Gasteiger partial charge >= 0.3 is 0 Å². The summed E-state index contributed by atoms with van der Waals surface area (Å²) in [5, 5.41) is 10.7. The van der Waals surface area contributed by atoms with Crippen LogP contribution in [0.25, 0.3) is 0 Å². The number of hydrogen-bond acceptors (Lipinski definition) is 3. The van der Waals surface area contributed by atoms with Gasteiger partial charge in [0.2, 0.25) is 0 Å². The van der Waals surface area contributed by atoms with Crippen molar-refractivity contribution < 1.29 is 9.84 Å².